The van der Waals surface area contributed by atoms with Gasteiger partial charge in [-0.05, 0) is 19.3 Å². The van der Waals surface area contributed by atoms with E-state index in [1.54, 1.807) is 0 Å². The second-order valence-corrected chi connectivity index (χ2v) is 7.51. The van der Waals surface area contributed by atoms with E-state index < -0.39 is 0 Å². The monoisotopic (exact) mass is 320 g/mol. The number of nitrogens with zero attached hydrogens (tertiary/aromatic N) is 3. The van der Waals surface area contributed by atoms with Gasteiger partial charge in [-0.15, -0.1) is 0 Å². The van der Waals surface area contributed by atoms with Gasteiger partial charge in [0.15, 0.2) is 11.6 Å². The molecule has 3 heterocycles. The van der Waals surface area contributed by atoms with E-state index in [9.17, 15) is 0 Å². The van der Waals surface area contributed by atoms with Gasteiger partial charge < -0.3 is 14.8 Å². The van der Waals surface area contributed by atoms with E-state index in [-0.39, 0.29) is 5.79 Å². The smallest absolute Gasteiger partial charge is 0.168 e. The summed E-state index contributed by atoms with van der Waals surface area (Å²) in [7, 11) is 0. The van der Waals surface area contributed by atoms with Gasteiger partial charge in [-0.2, -0.15) is 5.10 Å². The van der Waals surface area contributed by atoms with E-state index in [0.29, 0.717) is 18.0 Å². The van der Waals surface area contributed by atoms with Crippen molar-refractivity contribution in [2.75, 3.05) is 13.2 Å². The van der Waals surface area contributed by atoms with Crippen LogP contribution >= 0.6 is 0 Å². The average Bonchev–Trinajstić information content (AvgIpc) is 3.17. The molecule has 1 aliphatic carbocycles. The zero-order valence-electron chi connectivity index (χ0n) is 14.3. The van der Waals surface area contributed by atoms with Crippen LogP contribution in [0, 0.1) is 0 Å². The predicted octanol–water partition coefficient (Wildman–Crippen LogP) is 1.99. The van der Waals surface area contributed by atoms with Crippen molar-refractivity contribution in [2.45, 2.75) is 82.7 Å². The molecule has 3 aliphatic rings. The summed E-state index contributed by atoms with van der Waals surface area (Å²) in [6, 6.07) is 1.08. The summed E-state index contributed by atoms with van der Waals surface area (Å²) in [4.78, 5) is 4.67. The minimum absolute atomic E-state index is 0.254. The lowest BCUT2D eigenvalue weighted by molar-refractivity contribution is -0.179. The molecule has 0 aromatic carbocycles. The number of hydrogen-bond acceptors (Lipinski definition) is 5. The zero-order valence-corrected chi connectivity index (χ0v) is 14.3. The standard InChI is InChI=1S/C17H28N4O2/c1-12(2)16-19-15-4-3-14(11-21(15)20-16)18-13-5-7-17(8-6-13)22-9-10-23-17/h12-14,18H,3-11H2,1-2H3/t14-/m0/s1. The van der Waals surface area contributed by atoms with Gasteiger partial charge in [-0.25, -0.2) is 9.67 Å². The highest BCUT2D eigenvalue weighted by atomic mass is 16.7. The normalized spacial score (nSPS) is 27.7. The molecule has 1 saturated carbocycles. The highest BCUT2D eigenvalue weighted by Crippen LogP contribution is 2.36. The van der Waals surface area contributed by atoms with E-state index >= 15 is 0 Å². The van der Waals surface area contributed by atoms with Crippen LogP contribution in [0.3, 0.4) is 0 Å². The third-order valence-electron chi connectivity index (χ3n) is 5.42. The molecule has 0 radical (unpaired) electrons. The molecule has 23 heavy (non-hydrogen) atoms. The number of hydrogen-bond donors (Lipinski definition) is 1. The van der Waals surface area contributed by atoms with Crippen LogP contribution in [0.25, 0.3) is 0 Å². The van der Waals surface area contributed by atoms with Gasteiger partial charge in [0.25, 0.3) is 0 Å². The van der Waals surface area contributed by atoms with Crippen LogP contribution in [0.2, 0.25) is 0 Å². The third kappa shape index (κ3) is 3.16. The fourth-order valence-corrected chi connectivity index (χ4v) is 4.05. The molecule has 1 saturated heterocycles. The number of ether oxygens (including phenoxy) is 2. The first-order chi connectivity index (χ1) is 11.1. The second-order valence-electron chi connectivity index (χ2n) is 7.51. The molecular weight excluding hydrogens is 292 g/mol. The second kappa shape index (κ2) is 6.15. The molecule has 4 rings (SSSR count). The summed E-state index contributed by atoms with van der Waals surface area (Å²) >= 11 is 0. The molecule has 0 bridgehead atoms. The highest BCUT2D eigenvalue weighted by molar-refractivity contribution is 5.01. The quantitative estimate of drug-likeness (QED) is 0.923. The third-order valence-corrected chi connectivity index (χ3v) is 5.42. The van der Waals surface area contributed by atoms with Crippen molar-refractivity contribution in [3.63, 3.8) is 0 Å². The molecule has 1 aromatic heterocycles. The topological polar surface area (TPSA) is 61.2 Å². The van der Waals surface area contributed by atoms with Crippen molar-refractivity contribution in [1.82, 2.24) is 20.1 Å². The van der Waals surface area contributed by atoms with Crippen molar-refractivity contribution in [3.8, 4) is 0 Å². The van der Waals surface area contributed by atoms with Crippen LogP contribution in [-0.4, -0.2) is 45.8 Å². The SMILES string of the molecule is CC(C)c1nc2n(n1)C[C@@H](NC1CCC3(CC1)OCCO3)CC2. The van der Waals surface area contributed by atoms with E-state index in [1.165, 1.54) is 0 Å². The first-order valence-electron chi connectivity index (χ1n) is 9.11. The lowest BCUT2D eigenvalue weighted by Crippen LogP contribution is -2.48. The molecular formula is C17H28N4O2. The van der Waals surface area contributed by atoms with Gasteiger partial charge in [0, 0.05) is 37.3 Å². The van der Waals surface area contributed by atoms with Crippen LogP contribution in [0.1, 0.15) is 63.5 Å². The molecule has 2 aliphatic heterocycles. The lowest BCUT2D eigenvalue weighted by Gasteiger charge is -2.37. The number of aromatic nitrogens is 3. The Morgan fingerprint density at radius 1 is 1.13 bits per heavy atom. The van der Waals surface area contributed by atoms with E-state index in [4.69, 9.17) is 9.47 Å². The Morgan fingerprint density at radius 3 is 2.57 bits per heavy atom. The highest BCUT2D eigenvalue weighted by Gasteiger charge is 2.40. The van der Waals surface area contributed by atoms with Crippen LogP contribution in [-0.2, 0) is 22.4 Å². The number of nitrogens with one attached hydrogen (secondary N) is 1. The van der Waals surface area contributed by atoms with Crippen LogP contribution < -0.4 is 5.32 Å². The Balaban J connectivity index is 1.32. The van der Waals surface area contributed by atoms with Gasteiger partial charge in [0.1, 0.15) is 5.82 Å². The van der Waals surface area contributed by atoms with Crippen molar-refractivity contribution >= 4 is 0 Å². The van der Waals surface area contributed by atoms with Gasteiger partial charge in [0.2, 0.25) is 0 Å². The fourth-order valence-electron chi connectivity index (χ4n) is 4.05. The number of aryl methyl sites for hydroxylation is 1. The summed E-state index contributed by atoms with van der Waals surface area (Å²) in [6.45, 7) is 6.77. The summed E-state index contributed by atoms with van der Waals surface area (Å²) in [6.07, 6.45) is 6.49. The van der Waals surface area contributed by atoms with Gasteiger partial charge in [0.05, 0.1) is 19.8 Å². The summed E-state index contributed by atoms with van der Waals surface area (Å²) in [5, 5.41) is 8.52. The van der Waals surface area contributed by atoms with Gasteiger partial charge in [-0.1, -0.05) is 13.8 Å². The van der Waals surface area contributed by atoms with Crippen LogP contribution in [0.15, 0.2) is 0 Å². The van der Waals surface area contributed by atoms with Gasteiger partial charge in [-0.3, -0.25) is 0 Å². The maximum Gasteiger partial charge on any atom is 0.168 e. The summed E-state index contributed by atoms with van der Waals surface area (Å²) in [5.41, 5.74) is 0. The minimum Gasteiger partial charge on any atom is -0.348 e. The number of fused-ring (bicyclic) bond motifs is 1. The Labute approximate surface area is 137 Å². The molecule has 0 unspecified atom stereocenters. The zero-order chi connectivity index (χ0) is 15.9. The van der Waals surface area contributed by atoms with Gasteiger partial charge >= 0.3 is 0 Å². The first kappa shape index (κ1) is 15.5. The summed E-state index contributed by atoms with van der Waals surface area (Å²) < 4.78 is 13.8. The lowest BCUT2D eigenvalue weighted by atomic mass is 9.89. The first-order valence-corrected chi connectivity index (χ1v) is 9.11. The van der Waals surface area contributed by atoms with Crippen LogP contribution in [0.5, 0.6) is 0 Å². The van der Waals surface area contributed by atoms with E-state index in [0.717, 1.165) is 69.9 Å². The van der Waals surface area contributed by atoms with Crippen molar-refractivity contribution in [1.29, 1.82) is 0 Å². The molecule has 6 nitrogen and oxygen atoms in total. The Morgan fingerprint density at radius 2 is 1.87 bits per heavy atom. The maximum atomic E-state index is 5.82. The molecule has 1 aromatic rings. The molecule has 1 spiro atoms. The minimum atomic E-state index is -0.254. The Hall–Kier alpha value is -0.980. The molecule has 128 valence electrons. The predicted molar refractivity (Wildman–Crippen MR) is 86.2 cm³/mol. The largest absolute Gasteiger partial charge is 0.348 e. The van der Waals surface area contributed by atoms with Crippen molar-refractivity contribution in [3.05, 3.63) is 11.6 Å². The van der Waals surface area contributed by atoms with E-state index in [1.807, 2.05) is 0 Å². The summed E-state index contributed by atoms with van der Waals surface area (Å²) in [5.74, 6) is 2.29. The average molecular weight is 320 g/mol. The fraction of sp³-hybridized carbons (Fsp3) is 0.882. The van der Waals surface area contributed by atoms with E-state index in [2.05, 4.69) is 33.9 Å². The molecule has 1 N–H and O–H groups in total. The maximum absolute atomic E-state index is 5.82. The van der Waals surface area contributed by atoms with Crippen molar-refractivity contribution < 1.29 is 9.47 Å². The molecule has 2 fully saturated rings. The molecule has 1 atom stereocenters. The molecule has 0 amide bonds. The Bertz CT molecular complexity index is 541. The molecule has 6 heteroatoms. The number of rotatable bonds is 3. The Kier molecular flexibility index (Phi) is 4.15. The van der Waals surface area contributed by atoms with Crippen molar-refractivity contribution in [2.24, 2.45) is 0 Å². The van der Waals surface area contributed by atoms with Crippen LogP contribution in [0.4, 0.5) is 0 Å².